The van der Waals surface area contributed by atoms with Crippen LogP contribution in [0.4, 0.5) is 10.1 Å². The maximum Gasteiger partial charge on any atom is 0.123 e. The quantitative estimate of drug-likeness (QED) is 0.853. The second-order valence-corrected chi connectivity index (χ2v) is 5.63. The summed E-state index contributed by atoms with van der Waals surface area (Å²) < 4.78 is 14.2. The van der Waals surface area contributed by atoms with E-state index in [0.717, 1.165) is 35.4 Å². The SMILES string of the molecule is CN(CCNc1ccccc1Br)Cc1cccc(F)c1. The number of likely N-dealkylation sites (N-methyl/N-ethyl adjacent to an activating group) is 1. The number of nitrogens with one attached hydrogen (secondary N) is 1. The predicted molar refractivity (Wildman–Crippen MR) is 85.4 cm³/mol. The minimum absolute atomic E-state index is 0.178. The van der Waals surface area contributed by atoms with Crippen LogP contribution in [0.3, 0.4) is 0 Å². The number of nitrogens with zero attached hydrogens (tertiary/aromatic N) is 1. The number of rotatable bonds is 6. The van der Waals surface area contributed by atoms with Gasteiger partial charge in [-0.25, -0.2) is 4.39 Å². The summed E-state index contributed by atoms with van der Waals surface area (Å²) in [7, 11) is 2.03. The van der Waals surface area contributed by atoms with Gasteiger partial charge < -0.3 is 10.2 Å². The van der Waals surface area contributed by atoms with Crippen LogP contribution in [0.2, 0.25) is 0 Å². The maximum atomic E-state index is 13.1. The molecule has 0 radical (unpaired) electrons. The van der Waals surface area contributed by atoms with Crippen LogP contribution in [0.15, 0.2) is 53.0 Å². The molecule has 0 aromatic heterocycles. The van der Waals surface area contributed by atoms with Crippen LogP contribution in [0.1, 0.15) is 5.56 Å². The topological polar surface area (TPSA) is 15.3 Å². The van der Waals surface area contributed by atoms with E-state index in [-0.39, 0.29) is 5.82 Å². The minimum Gasteiger partial charge on any atom is -0.383 e. The van der Waals surface area contributed by atoms with E-state index in [9.17, 15) is 4.39 Å². The van der Waals surface area contributed by atoms with Crippen molar-refractivity contribution in [3.63, 3.8) is 0 Å². The van der Waals surface area contributed by atoms with Crippen molar-refractivity contribution < 1.29 is 4.39 Å². The molecular weight excluding hydrogens is 319 g/mol. The highest BCUT2D eigenvalue weighted by atomic mass is 79.9. The van der Waals surface area contributed by atoms with Gasteiger partial charge in [-0.3, -0.25) is 0 Å². The first-order valence-corrected chi connectivity index (χ1v) is 7.36. The molecule has 4 heteroatoms. The molecule has 2 nitrogen and oxygen atoms in total. The van der Waals surface area contributed by atoms with Crippen LogP contribution in [0, 0.1) is 5.82 Å². The minimum atomic E-state index is -0.178. The van der Waals surface area contributed by atoms with Gasteiger partial charge >= 0.3 is 0 Å². The van der Waals surface area contributed by atoms with Crippen molar-refractivity contribution in [2.24, 2.45) is 0 Å². The highest BCUT2D eigenvalue weighted by Crippen LogP contribution is 2.20. The number of para-hydroxylation sites is 1. The Morgan fingerprint density at radius 2 is 1.95 bits per heavy atom. The third kappa shape index (κ3) is 4.62. The molecule has 1 N–H and O–H groups in total. The first kappa shape index (κ1) is 15.0. The molecule has 0 fully saturated rings. The van der Waals surface area contributed by atoms with E-state index in [2.05, 4.69) is 26.1 Å². The second-order valence-electron chi connectivity index (χ2n) is 4.77. The standard InChI is InChI=1S/C16H18BrFN2/c1-20(12-13-5-4-6-14(18)11-13)10-9-19-16-8-3-2-7-15(16)17/h2-8,11,19H,9-10,12H2,1H3. The highest BCUT2D eigenvalue weighted by molar-refractivity contribution is 9.10. The monoisotopic (exact) mass is 336 g/mol. The molecule has 2 aromatic carbocycles. The summed E-state index contributed by atoms with van der Waals surface area (Å²) in [4.78, 5) is 2.17. The zero-order valence-electron chi connectivity index (χ0n) is 11.4. The molecule has 0 aliphatic carbocycles. The van der Waals surface area contributed by atoms with Crippen LogP contribution in [-0.2, 0) is 6.54 Å². The fourth-order valence-electron chi connectivity index (χ4n) is 2.01. The van der Waals surface area contributed by atoms with Crippen LogP contribution in [0.5, 0.6) is 0 Å². The van der Waals surface area contributed by atoms with Gasteiger partial charge in [0.15, 0.2) is 0 Å². The zero-order valence-corrected chi connectivity index (χ0v) is 13.0. The second kappa shape index (κ2) is 7.41. The summed E-state index contributed by atoms with van der Waals surface area (Å²) in [6, 6.07) is 14.8. The lowest BCUT2D eigenvalue weighted by atomic mass is 10.2. The van der Waals surface area contributed by atoms with Crippen molar-refractivity contribution >= 4 is 21.6 Å². The van der Waals surface area contributed by atoms with Gasteiger partial charge in [-0.15, -0.1) is 0 Å². The van der Waals surface area contributed by atoms with Gasteiger partial charge in [0.25, 0.3) is 0 Å². The molecule has 0 unspecified atom stereocenters. The van der Waals surface area contributed by atoms with Crippen LogP contribution in [0.25, 0.3) is 0 Å². The molecule has 0 heterocycles. The molecule has 2 aromatic rings. The fourth-order valence-corrected chi connectivity index (χ4v) is 2.44. The molecule has 0 saturated carbocycles. The van der Waals surface area contributed by atoms with Crippen molar-refractivity contribution in [2.75, 3.05) is 25.5 Å². The fraction of sp³-hybridized carbons (Fsp3) is 0.250. The molecule has 0 saturated heterocycles. The van der Waals surface area contributed by atoms with Gasteiger partial charge in [0.1, 0.15) is 5.82 Å². The molecular formula is C16H18BrFN2. The Morgan fingerprint density at radius 3 is 2.70 bits per heavy atom. The lowest BCUT2D eigenvalue weighted by Gasteiger charge is -2.18. The van der Waals surface area contributed by atoms with Crippen molar-refractivity contribution in [1.29, 1.82) is 0 Å². The Labute approximate surface area is 127 Å². The van der Waals surface area contributed by atoms with Gasteiger partial charge in [0, 0.05) is 29.8 Å². The summed E-state index contributed by atoms with van der Waals surface area (Å²) in [5.74, 6) is -0.178. The summed E-state index contributed by atoms with van der Waals surface area (Å²) in [5.41, 5.74) is 2.08. The normalized spacial score (nSPS) is 10.8. The average Bonchev–Trinajstić information content (AvgIpc) is 2.41. The average molecular weight is 337 g/mol. The predicted octanol–water partition coefficient (Wildman–Crippen LogP) is 4.13. The molecule has 2 rings (SSSR count). The third-order valence-corrected chi connectivity index (χ3v) is 3.72. The van der Waals surface area contributed by atoms with Crippen LogP contribution < -0.4 is 5.32 Å². The van der Waals surface area contributed by atoms with Crippen molar-refractivity contribution in [2.45, 2.75) is 6.54 Å². The highest BCUT2D eigenvalue weighted by Gasteiger charge is 2.02. The van der Waals surface area contributed by atoms with Gasteiger partial charge in [0.05, 0.1) is 0 Å². The van der Waals surface area contributed by atoms with Crippen molar-refractivity contribution in [1.82, 2.24) is 4.90 Å². The molecule has 0 bridgehead atoms. The van der Waals surface area contributed by atoms with E-state index in [1.807, 2.05) is 37.4 Å². The Balaban J connectivity index is 1.78. The number of benzene rings is 2. The molecule has 0 amide bonds. The van der Waals surface area contributed by atoms with E-state index in [1.54, 1.807) is 12.1 Å². The molecule has 0 spiro atoms. The third-order valence-electron chi connectivity index (χ3n) is 3.02. The van der Waals surface area contributed by atoms with Gasteiger partial charge in [-0.2, -0.15) is 0 Å². The van der Waals surface area contributed by atoms with E-state index < -0.39 is 0 Å². The number of halogens is 2. The lowest BCUT2D eigenvalue weighted by molar-refractivity contribution is 0.339. The van der Waals surface area contributed by atoms with E-state index in [4.69, 9.17) is 0 Å². The van der Waals surface area contributed by atoms with Crippen molar-refractivity contribution in [3.8, 4) is 0 Å². The molecule has 20 heavy (non-hydrogen) atoms. The molecule has 0 atom stereocenters. The van der Waals surface area contributed by atoms with Gasteiger partial charge in [-0.05, 0) is 52.8 Å². The summed E-state index contributed by atoms with van der Waals surface area (Å²) >= 11 is 3.51. The summed E-state index contributed by atoms with van der Waals surface area (Å²) in [5, 5.41) is 3.38. The Hall–Kier alpha value is -1.39. The number of hydrogen-bond acceptors (Lipinski definition) is 2. The lowest BCUT2D eigenvalue weighted by Crippen LogP contribution is -2.24. The summed E-state index contributed by atoms with van der Waals surface area (Å²) in [6.45, 7) is 2.47. The van der Waals surface area contributed by atoms with E-state index in [1.165, 1.54) is 6.07 Å². The van der Waals surface area contributed by atoms with E-state index in [0.29, 0.717) is 0 Å². The first-order chi connectivity index (χ1) is 9.65. The van der Waals surface area contributed by atoms with E-state index >= 15 is 0 Å². The molecule has 106 valence electrons. The maximum absolute atomic E-state index is 13.1. The van der Waals surface area contributed by atoms with Gasteiger partial charge in [0.2, 0.25) is 0 Å². The number of hydrogen-bond donors (Lipinski definition) is 1. The summed E-state index contributed by atoms with van der Waals surface area (Å²) in [6.07, 6.45) is 0. The molecule has 0 aliphatic rings. The number of anilines is 1. The zero-order chi connectivity index (χ0) is 14.4. The first-order valence-electron chi connectivity index (χ1n) is 6.56. The Kier molecular flexibility index (Phi) is 5.56. The van der Waals surface area contributed by atoms with Crippen LogP contribution >= 0.6 is 15.9 Å². The van der Waals surface area contributed by atoms with Crippen molar-refractivity contribution in [3.05, 3.63) is 64.4 Å². The Bertz CT molecular complexity index is 560. The molecule has 0 aliphatic heterocycles. The Morgan fingerprint density at radius 1 is 1.15 bits per heavy atom. The largest absolute Gasteiger partial charge is 0.383 e. The van der Waals surface area contributed by atoms with Crippen LogP contribution in [-0.4, -0.2) is 25.0 Å². The smallest absolute Gasteiger partial charge is 0.123 e. The van der Waals surface area contributed by atoms with Gasteiger partial charge in [-0.1, -0.05) is 24.3 Å².